The van der Waals surface area contributed by atoms with E-state index in [1.54, 1.807) is 4.90 Å². The van der Waals surface area contributed by atoms with Crippen LogP contribution < -0.4 is 5.32 Å². The SMILES string of the molecule is CC(C)N(CC(F)(F)F)C1CCCNCC1. The molecule has 1 aliphatic rings. The molecule has 1 atom stereocenters. The predicted octanol–water partition coefficient (Wildman–Crippen LogP) is 2.40. The van der Waals surface area contributed by atoms with E-state index in [0.29, 0.717) is 0 Å². The number of rotatable bonds is 3. The molecule has 0 aromatic carbocycles. The van der Waals surface area contributed by atoms with Gasteiger partial charge in [-0.15, -0.1) is 0 Å². The molecule has 0 aromatic rings. The summed E-state index contributed by atoms with van der Waals surface area (Å²) in [5.74, 6) is 0. The zero-order valence-corrected chi connectivity index (χ0v) is 9.98. The van der Waals surface area contributed by atoms with Crippen molar-refractivity contribution in [1.82, 2.24) is 10.2 Å². The lowest BCUT2D eigenvalue weighted by Crippen LogP contribution is -2.46. The normalized spacial score (nSPS) is 23.8. The van der Waals surface area contributed by atoms with Crippen LogP contribution in [0.2, 0.25) is 0 Å². The van der Waals surface area contributed by atoms with Gasteiger partial charge in [0.05, 0.1) is 6.54 Å². The molecule has 1 rings (SSSR count). The minimum absolute atomic E-state index is 0.0512. The average molecular weight is 238 g/mol. The van der Waals surface area contributed by atoms with Gasteiger partial charge in [0.25, 0.3) is 0 Å². The molecule has 1 saturated heterocycles. The maximum absolute atomic E-state index is 12.5. The van der Waals surface area contributed by atoms with Gasteiger partial charge in [0.15, 0.2) is 0 Å². The molecule has 16 heavy (non-hydrogen) atoms. The molecule has 1 N–H and O–H groups in total. The van der Waals surface area contributed by atoms with Crippen LogP contribution in [-0.2, 0) is 0 Å². The molecule has 0 aromatic heterocycles. The molecule has 0 bridgehead atoms. The Balaban J connectivity index is 2.60. The number of nitrogens with one attached hydrogen (secondary N) is 1. The lowest BCUT2D eigenvalue weighted by molar-refractivity contribution is -0.155. The van der Waals surface area contributed by atoms with Crippen molar-refractivity contribution < 1.29 is 13.2 Å². The van der Waals surface area contributed by atoms with E-state index in [1.807, 2.05) is 13.8 Å². The van der Waals surface area contributed by atoms with Crippen molar-refractivity contribution in [2.75, 3.05) is 19.6 Å². The molecule has 0 amide bonds. The number of hydrogen-bond acceptors (Lipinski definition) is 2. The lowest BCUT2D eigenvalue weighted by atomic mass is 10.1. The largest absolute Gasteiger partial charge is 0.401 e. The molecule has 0 aliphatic carbocycles. The molecule has 1 fully saturated rings. The van der Waals surface area contributed by atoms with Crippen LogP contribution >= 0.6 is 0 Å². The van der Waals surface area contributed by atoms with Gasteiger partial charge >= 0.3 is 6.18 Å². The van der Waals surface area contributed by atoms with Crippen LogP contribution in [0.1, 0.15) is 33.1 Å². The second kappa shape index (κ2) is 5.87. The highest BCUT2D eigenvalue weighted by Crippen LogP contribution is 2.23. The van der Waals surface area contributed by atoms with Crippen molar-refractivity contribution >= 4 is 0 Å². The van der Waals surface area contributed by atoms with Gasteiger partial charge < -0.3 is 5.32 Å². The summed E-state index contributed by atoms with van der Waals surface area (Å²) in [6.45, 7) is 4.64. The van der Waals surface area contributed by atoms with Gasteiger partial charge in [-0.3, -0.25) is 4.90 Å². The van der Waals surface area contributed by atoms with Gasteiger partial charge in [-0.05, 0) is 46.2 Å². The molecule has 2 nitrogen and oxygen atoms in total. The molecule has 96 valence electrons. The fourth-order valence-corrected chi connectivity index (χ4v) is 2.27. The zero-order valence-electron chi connectivity index (χ0n) is 9.98. The summed E-state index contributed by atoms with van der Waals surface area (Å²) < 4.78 is 37.4. The number of hydrogen-bond donors (Lipinski definition) is 1. The first-order valence-electron chi connectivity index (χ1n) is 5.93. The Morgan fingerprint density at radius 2 is 1.94 bits per heavy atom. The summed E-state index contributed by atoms with van der Waals surface area (Å²) in [5.41, 5.74) is 0. The number of halogens is 3. The van der Waals surface area contributed by atoms with E-state index in [9.17, 15) is 13.2 Å². The Morgan fingerprint density at radius 3 is 2.50 bits per heavy atom. The van der Waals surface area contributed by atoms with Crippen molar-refractivity contribution in [1.29, 1.82) is 0 Å². The van der Waals surface area contributed by atoms with Gasteiger partial charge in [-0.1, -0.05) is 0 Å². The quantitative estimate of drug-likeness (QED) is 0.812. The van der Waals surface area contributed by atoms with E-state index >= 15 is 0 Å². The van der Waals surface area contributed by atoms with Crippen LogP contribution in [0.25, 0.3) is 0 Å². The lowest BCUT2D eigenvalue weighted by Gasteiger charge is -2.34. The highest BCUT2D eigenvalue weighted by molar-refractivity contribution is 4.80. The number of nitrogens with zero attached hydrogens (tertiary/aromatic N) is 1. The van der Waals surface area contributed by atoms with E-state index < -0.39 is 12.7 Å². The maximum Gasteiger partial charge on any atom is 0.401 e. The Hall–Kier alpha value is -0.290. The first-order valence-corrected chi connectivity index (χ1v) is 5.93. The summed E-state index contributed by atoms with van der Waals surface area (Å²) in [7, 11) is 0. The van der Waals surface area contributed by atoms with Gasteiger partial charge in [-0.2, -0.15) is 13.2 Å². The highest BCUT2D eigenvalue weighted by Gasteiger charge is 2.35. The van der Waals surface area contributed by atoms with Gasteiger partial charge in [-0.25, -0.2) is 0 Å². The molecule has 1 unspecified atom stereocenters. The molecule has 1 aliphatic heterocycles. The third kappa shape index (κ3) is 4.70. The van der Waals surface area contributed by atoms with E-state index in [4.69, 9.17) is 0 Å². The minimum Gasteiger partial charge on any atom is -0.317 e. The second-order valence-electron chi connectivity index (χ2n) is 4.72. The minimum atomic E-state index is -4.09. The average Bonchev–Trinajstić information content (AvgIpc) is 2.40. The van der Waals surface area contributed by atoms with Crippen molar-refractivity contribution in [3.05, 3.63) is 0 Å². The fraction of sp³-hybridized carbons (Fsp3) is 1.00. The van der Waals surface area contributed by atoms with E-state index in [2.05, 4.69) is 5.32 Å². The molecule has 5 heteroatoms. The Labute approximate surface area is 95.2 Å². The summed E-state index contributed by atoms with van der Waals surface area (Å²) >= 11 is 0. The van der Waals surface area contributed by atoms with Crippen molar-refractivity contribution in [3.8, 4) is 0 Å². The fourth-order valence-electron chi connectivity index (χ4n) is 2.27. The Bertz CT molecular complexity index is 196. The summed E-state index contributed by atoms with van der Waals surface area (Å²) in [5, 5.41) is 3.23. The molecular weight excluding hydrogens is 217 g/mol. The molecule has 0 spiro atoms. The standard InChI is InChI=1S/C11H21F3N2/c1-9(2)16(8-11(12,13)14)10-4-3-6-15-7-5-10/h9-10,15H,3-8H2,1-2H3. The van der Waals surface area contributed by atoms with Crippen molar-refractivity contribution in [2.45, 2.75) is 51.4 Å². The van der Waals surface area contributed by atoms with E-state index in [0.717, 1.165) is 32.4 Å². The Morgan fingerprint density at radius 1 is 1.25 bits per heavy atom. The van der Waals surface area contributed by atoms with E-state index in [1.165, 1.54) is 0 Å². The van der Waals surface area contributed by atoms with E-state index in [-0.39, 0.29) is 12.1 Å². The zero-order chi connectivity index (χ0) is 12.2. The van der Waals surface area contributed by atoms with Crippen LogP contribution in [0.5, 0.6) is 0 Å². The second-order valence-corrected chi connectivity index (χ2v) is 4.72. The summed E-state index contributed by atoms with van der Waals surface area (Å²) in [6.07, 6.45) is -1.45. The first kappa shape index (κ1) is 13.8. The predicted molar refractivity (Wildman–Crippen MR) is 58.4 cm³/mol. The third-order valence-corrected chi connectivity index (χ3v) is 3.04. The van der Waals surface area contributed by atoms with Crippen molar-refractivity contribution in [2.24, 2.45) is 0 Å². The van der Waals surface area contributed by atoms with Crippen LogP contribution in [0.15, 0.2) is 0 Å². The monoisotopic (exact) mass is 238 g/mol. The van der Waals surface area contributed by atoms with Crippen LogP contribution in [-0.4, -0.2) is 42.8 Å². The van der Waals surface area contributed by atoms with Crippen molar-refractivity contribution in [3.63, 3.8) is 0 Å². The smallest absolute Gasteiger partial charge is 0.317 e. The third-order valence-electron chi connectivity index (χ3n) is 3.04. The number of alkyl halides is 3. The van der Waals surface area contributed by atoms with Gasteiger partial charge in [0.2, 0.25) is 0 Å². The van der Waals surface area contributed by atoms with Crippen LogP contribution in [0.3, 0.4) is 0 Å². The first-order chi connectivity index (χ1) is 7.40. The van der Waals surface area contributed by atoms with Gasteiger partial charge in [0, 0.05) is 12.1 Å². The summed E-state index contributed by atoms with van der Waals surface area (Å²) in [4.78, 5) is 1.59. The highest BCUT2D eigenvalue weighted by atomic mass is 19.4. The topological polar surface area (TPSA) is 15.3 Å². The molecule has 0 radical (unpaired) electrons. The molecular formula is C11H21F3N2. The van der Waals surface area contributed by atoms with Gasteiger partial charge in [0.1, 0.15) is 0 Å². The molecule has 0 saturated carbocycles. The Kier molecular flexibility index (Phi) is 5.05. The molecule has 1 heterocycles. The van der Waals surface area contributed by atoms with Crippen LogP contribution in [0.4, 0.5) is 13.2 Å². The van der Waals surface area contributed by atoms with Crippen LogP contribution in [0, 0.1) is 0 Å². The summed E-state index contributed by atoms with van der Waals surface area (Å²) in [6, 6.07) is 0.0151. The maximum atomic E-state index is 12.5.